The van der Waals surface area contributed by atoms with E-state index in [4.69, 9.17) is 10.6 Å². The third-order valence-electron chi connectivity index (χ3n) is 2.32. The molecule has 1 heterocycles. The average Bonchev–Trinajstić information content (AvgIpc) is 2.66. The number of nitrogens with two attached hydrogens (primary N) is 1. The predicted octanol–water partition coefficient (Wildman–Crippen LogP) is 0.233. The van der Waals surface area contributed by atoms with Crippen LogP contribution in [-0.4, -0.2) is 36.2 Å². The first kappa shape index (κ1) is 12.8. The van der Waals surface area contributed by atoms with E-state index in [9.17, 15) is 9.59 Å². The highest BCUT2D eigenvalue weighted by Gasteiger charge is 2.28. The van der Waals surface area contributed by atoms with Crippen molar-refractivity contribution < 1.29 is 14.4 Å². The zero-order valence-corrected chi connectivity index (χ0v) is 9.73. The van der Waals surface area contributed by atoms with Gasteiger partial charge >= 0.3 is 6.03 Å². The van der Waals surface area contributed by atoms with Gasteiger partial charge in [0, 0.05) is 0 Å². The smallest absolute Gasteiger partial charge is 0.312 e. The maximum Gasteiger partial charge on any atom is 0.312 e. The molecule has 1 unspecified atom stereocenters. The van der Waals surface area contributed by atoms with E-state index in [-0.39, 0.29) is 5.91 Å². The molecule has 92 valence electrons. The van der Waals surface area contributed by atoms with Gasteiger partial charge in [0.2, 0.25) is 0 Å². The maximum atomic E-state index is 11.9. The Labute approximate surface area is 95.1 Å². The minimum Gasteiger partial charge on any atom is -0.352 e. The number of amides is 3. The molecule has 3 N–H and O–H groups in total. The van der Waals surface area contributed by atoms with Gasteiger partial charge in [0.05, 0.1) is 13.2 Å². The van der Waals surface area contributed by atoms with Crippen LogP contribution in [0.2, 0.25) is 0 Å². The monoisotopic (exact) mass is 229 g/mol. The van der Waals surface area contributed by atoms with Crippen molar-refractivity contribution in [1.29, 1.82) is 0 Å². The van der Waals surface area contributed by atoms with E-state index in [1.165, 1.54) is 5.06 Å². The van der Waals surface area contributed by atoms with E-state index >= 15 is 0 Å². The Morgan fingerprint density at radius 2 is 2.19 bits per heavy atom. The van der Waals surface area contributed by atoms with Crippen molar-refractivity contribution in [2.45, 2.75) is 32.7 Å². The zero-order valence-electron chi connectivity index (χ0n) is 9.73. The van der Waals surface area contributed by atoms with E-state index < -0.39 is 12.1 Å². The molecular formula is C10H19N3O3. The number of rotatable bonds is 4. The minimum absolute atomic E-state index is 0.218. The summed E-state index contributed by atoms with van der Waals surface area (Å²) in [6, 6.07) is -1.27. The summed E-state index contributed by atoms with van der Waals surface area (Å²) < 4.78 is 0. The third kappa shape index (κ3) is 3.69. The molecule has 6 nitrogen and oxygen atoms in total. The normalized spacial score (nSPS) is 17.6. The maximum absolute atomic E-state index is 11.9. The molecule has 6 heteroatoms. The van der Waals surface area contributed by atoms with Crippen molar-refractivity contribution in [3.05, 3.63) is 0 Å². The Balaban J connectivity index is 2.58. The molecule has 0 aromatic rings. The molecule has 1 aliphatic heterocycles. The minimum atomic E-state index is -0.682. The largest absolute Gasteiger partial charge is 0.352 e. The fraction of sp³-hybridized carbons (Fsp3) is 0.800. The van der Waals surface area contributed by atoms with Crippen LogP contribution < -0.4 is 11.1 Å². The number of carbonyl (C=O) groups excluding carboxylic acids is 2. The van der Waals surface area contributed by atoms with Gasteiger partial charge < -0.3 is 11.1 Å². The molecule has 0 saturated carbocycles. The second-order valence-electron chi connectivity index (χ2n) is 4.32. The number of carbonyl (C=O) groups is 2. The van der Waals surface area contributed by atoms with Crippen molar-refractivity contribution in [1.82, 2.24) is 10.4 Å². The molecular weight excluding hydrogens is 210 g/mol. The second-order valence-corrected chi connectivity index (χ2v) is 4.32. The molecule has 0 aliphatic carbocycles. The van der Waals surface area contributed by atoms with Crippen molar-refractivity contribution in [2.75, 3.05) is 13.2 Å². The van der Waals surface area contributed by atoms with Crippen molar-refractivity contribution >= 4 is 11.9 Å². The molecule has 0 radical (unpaired) electrons. The summed E-state index contributed by atoms with van der Waals surface area (Å²) in [4.78, 5) is 27.9. The van der Waals surface area contributed by atoms with Crippen molar-refractivity contribution in [2.24, 2.45) is 11.7 Å². The molecule has 0 aromatic heterocycles. The fourth-order valence-corrected chi connectivity index (χ4v) is 1.66. The first-order valence-electron chi connectivity index (χ1n) is 5.51. The van der Waals surface area contributed by atoms with Crippen LogP contribution in [0.5, 0.6) is 0 Å². The summed E-state index contributed by atoms with van der Waals surface area (Å²) in [5, 5.41) is 3.76. The van der Waals surface area contributed by atoms with E-state index in [0.717, 1.165) is 6.42 Å². The zero-order chi connectivity index (χ0) is 12.1. The lowest BCUT2D eigenvalue weighted by molar-refractivity contribution is -0.171. The van der Waals surface area contributed by atoms with Gasteiger partial charge in [0.1, 0.15) is 6.04 Å². The van der Waals surface area contributed by atoms with Crippen LogP contribution in [0.15, 0.2) is 0 Å². The van der Waals surface area contributed by atoms with Crippen LogP contribution in [0.3, 0.4) is 0 Å². The Morgan fingerprint density at radius 3 is 2.62 bits per heavy atom. The van der Waals surface area contributed by atoms with E-state index in [0.29, 0.717) is 25.5 Å². The first-order chi connectivity index (χ1) is 7.50. The number of nitrogens with one attached hydrogen (secondary N) is 1. The standard InChI is InChI=1S/C10H19N3O3/c1-7(2)6-8(12-10(11)15)9(14)13-4-3-5-16-13/h7-8H,3-6H2,1-2H3,(H3,11,12,15). The molecule has 16 heavy (non-hydrogen) atoms. The quantitative estimate of drug-likeness (QED) is 0.723. The SMILES string of the molecule is CC(C)CC(NC(N)=O)C(=O)N1CCCO1. The van der Waals surface area contributed by atoms with Crippen LogP contribution in [-0.2, 0) is 9.63 Å². The van der Waals surface area contributed by atoms with Crippen LogP contribution in [0.1, 0.15) is 26.7 Å². The van der Waals surface area contributed by atoms with Gasteiger partial charge in [-0.3, -0.25) is 9.63 Å². The lowest BCUT2D eigenvalue weighted by Crippen LogP contribution is -2.49. The molecule has 1 saturated heterocycles. The number of primary amides is 1. The predicted molar refractivity (Wildman–Crippen MR) is 58.2 cm³/mol. The van der Waals surface area contributed by atoms with Crippen LogP contribution in [0.4, 0.5) is 4.79 Å². The van der Waals surface area contributed by atoms with Gasteiger partial charge in [-0.15, -0.1) is 0 Å². The Hall–Kier alpha value is -1.30. The number of hydroxylamine groups is 2. The Kier molecular flexibility index (Phi) is 4.54. The van der Waals surface area contributed by atoms with E-state index in [2.05, 4.69) is 5.32 Å². The summed E-state index contributed by atoms with van der Waals surface area (Å²) in [7, 11) is 0. The summed E-state index contributed by atoms with van der Waals surface area (Å²) in [6.07, 6.45) is 1.39. The molecule has 0 spiro atoms. The molecule has 3 amide bonds. The lowest BCUT2D eigenvalue weighted by Gasteiger charge is -2.23. The van der Waals surface area contributed by atoms with Gasteiger partial charge in [0.25, 0.3) is 5.91 Å². The van der Waals surface area contributed by atoms with Gasteiger partial charge in [-0.1, -0.05) is 13.8 Å². The van der Waals surface area contributed by atoms with E-state index in [1.807, 2.05) is 13.8 Å². The highest BCUT2D eigenvalue weighted by Crippen LogP contribution is 2.12. The molecule has 1 aliphatic rings. The van der Waals surface area contributed by atoms with Gasteiger partial charge in [0.15, 0.2) is 0 Å². The summed E-state index contributed by atoms with van der Waals surface area (Å²) in [5.74, 6) is 0.0772. The highest BCUT2D eigenvalue weighted by molar-refractivity contribution is 5.86. The molecule has 1 atom stereocenters. The topological polar surface area (TPSA) is 84.7 Å². The molecule has 1 fully saturated rings. The van der Waals surface area contributed by atoms with Gasteiger partial charge in [-0.05, 0) is 18.8 Å². The second kappa shape index (κ2) is 5.69. The first-order valence-corrected chi connectivity index (χ1v) is 5.51. The highest BCUT2D eigenvalue weighted by atomic mass is 16.7. The molecule has 1 rings (SSSR count). The Bertz CT molecular complexity index is 262. The van der Waals surface area contributed by atoms with Crippen molar-refractivity contribution in [3.8, 4) is 0 Å². The lowest BCUT2D eigenvalue weighted by atomic mass is 10.0. The summed E-state index contributed by atoms with van der Waals surface area (Å²) in [5.41, 5.74) is 5.04. The number of nitrogens with zero attached hydrogens (tertiary/aromatic N) is 1. The molecule has 0 aromatic carbocycles. The molecule has 0 bridgehead atoms. The Morgan fingerprint density at radius 1 is 1.50 bits per heavy atom. The summed E-state index contributed by atoms with van der Waals surface area (Å²) >= 11 is 0. The number of hydrogen-bond acceptors (Lipinski definition) is 3. The number of hydrogen-bond donors (Lipinski definition) is 2. The number of urea groups is 1. The van der Waals surface area contributed by atoms with Crippen LogP contribution >= 0.6 is 0 Å². The van der Waals surface area contributed by atoms with Gasteiger partial charge in [-0.2, -0.15) is 0 Å². The van der Waals surface area contributed by atoms with Crippen LogP contribution in [0.25, 0.3) is 0 Å². The average molecular weight is 229 g/mol. The van der Waals surface area contributed by atoms with E-state index in [1.54, 1.807) is 0 Å². The van der Waals surface area contributed by atoms with Gasteiger partial charge in [-0.25, -0.2) is 9.86 Å². The summed E-state index contributed by atoms with van der Waals surface area (Å²) in [6.45, 7) is 5.09. The van der Waals surface area contributed by atoms with Crippen molar-refractivity contribution in [3.63, 3.8) is 0 Å². The third-order valence-corrected chi connectivity index (χ3v) is 2.32. The fourth-order valence-electron chi connectivity index (χ4n) is 1.66. The van der Waals surface area contributed by atoms with Crippen LogP contribution in [0, 0.1) is 5.92 Å².